The predicted molar refractivity (Wildman–Crippen MR) is 136 cm³/mol. The van der Waals surface area contributed by atoms with E-state index in [0.717, 1.165) is 66.7 Å². The first-order chi connectivity index (χ1) is 16.4. The molecule has 7 heteroatoms. The molecule has 0 bridgehead atoms. The SMILES string of the molecule is Cc1cc(OCC[C@@H]2CCC[C@H]2C2CCN(c3ncc(Cl)cn3)CC2)ccc1CC(=O)N(C)C. The topological polar surface area (TPSA) is 58.6 Å². The fourth-order valence-electron chi connectivity index (χ4n) is 5.65. The molecular weight excluding hydrogens is 448 g/mol. The second-order valence-electron chi connectivity index (χ2n) is 10.1. The highest BCUT2D eigenvalue weighted by Crippen LogP contribution is 2.43. The lowest BCUT2D eigenvalue weighted by Crippen LogP contribution is -2.38. The summed E-state index contributed by atoms with van der Waals surface area (Å²) in [4.78, 5) is 24.7. The highest BCUT2D eigenvalue weighted by atomic mass is 35.5. The van der Waals surface area contributed by atoms with E-state index < -0.39 is 0 Å². The van der Waals surface area contributed by atoms with Gasteiger partial charge in [-0.25, -0.2) is 9.97 Å². The number of amides is 1. The number of aryl methyl sites for hydroxylation is 1. The number of anilines is 1. The maximum atomic E-state index is 12.0. The molecule has 1 aliphatic carbocycles. The number of rotatable bonds is 8. The number of ether oxygens (including phenoxy) is 1. The number of nitrogens with zero attached hydrogens (tertiary/aromatic N) is 4. The summed E-state index contributed by atoms with van der Waals surface area (Å²) in [6.45, 7) is 4.86. The molecule has 1 aliphatic heterocycles. The fraction of sp³-hybridized carbons (Fsp3) is 0.593. The van der Waals surface area contributed by atoms with Crippen LogP contribution < -0.4 is 9.64 Å². The average Bonchev–Trinajstić information content (AvgIpc) is 3.30. The lowest BCUT2D eigenvalue weighted by Gasteiger charge is -2.37. The number of carbonyl (C=O) groups is 1. The quantitative estimate of drug-likeness (QED) is 0.517. The van der Waals surface area contributed by atoms with E-state index in [4.69, 9.17) is 16.3 Å². The van der Waals surface area contributed by atoms with Crippen LogP contribution >= 0.6 is 11.6 Å². The Kier molecular flexibility index (Phi) is 8.30. The van der Waals surface area contributed by atoms with E-state index >= 15 is 0 Å². The van der Waals surface area contributed by atoms with Gasteiger partial charge in [0.2, 0.25) is 11.9 Å². The Morgan fingerprint density at radius 1 is 1.15 bits per heavy atom. The molecule has 0 spiro atoms. The molecule has 1 aromatic carbocycles. The van der Waals surface area contributed by atoms with Crippen molar-refractivity contribution >= 4 is 23.5 Å². The van der Waals surface area contributed by atoms with Crippen molar-refractivity contribution in [2.45, 2.75) is 51.9 Å². The smallest absolute Gasteiger partial charge is 0.226 e. The number of halogens is 1. The minimum Gasteiger partial charge on any atom is -0.494 e. The number of hydrogen-bond acceptors (Lipinski definition) is 5. The molecule has 0 radical (unpaired) electrons. The third-order valence-electron chi connectivity index (χ3n) is 7.66. The van der Waals surface area contributed by atoms with Gasteiger partial charge in [0.25, 0.3) is 0 Å². The van der Waals surface area contributed by atoms with Gasteiger partial charge >= 0.3 is 0 Å². The molecule has 2 heterocycles. The van der Waals surface area contributed by atoms with Gasteiger partial charge in [0, 0.05) is 27.2 Å². The molecule has 0 N–H and O–H groups in total. The zero-order valence-electron chi connectivity index (χ0n) is 20.7. The first kappa shape index (κ1) is 24.8. The Bertz CT molecular complexity index is 958. The van der Waals surface area contributed by atoms with Gasteiger partial charge in [-0.05, 0) is 73.6 Å². The monoisotopic (exact) mass is 484 g/mol. The van der Waals surface area contributed by atoms with Crippen LogP contribution in [-0.4, -0.2) is 54.6 Å². The van der Waals surface area contributed by atoms with E-state index in [2.05, 4.69) is 27.9 Å². The van der Waals surface area contributed by atoms with E-state index in [1.807, 2.05) is 12.1 Å². The predicted octanol–water partition coefficient (Wildman–Crippen LogP) is 5.17. The molecule has 2 aromatic rings. The highest BCUT2D eigenvalue weighted by Gasteiger charge is 2.35. The number of likely N-dealkylation sites (N-methyl/N-ethyl adjacent to an activating group) is 1. The zero-order chi connectivity index (χ0) is 24.1. The van der Waals surface area contributed by atoms with Crippen molar-refractivity contribution in [1.82, 2.24) is 14.9 Å². The normalized spacial score (nSPS) is 21.0. The van der Waals surface area contributed by atoms with Crippen molar-refractivity contribution in [2.75, 3.05) is 38.7 Å². The Labute approximate surface area is 208 Å². The maximum absolute atomic E-state index is 12.0. The summed E-state index contributed by atoms with van der Waals surface area (Å²) in [6.07, 6.45) is 11.3. The largest absolute Gasteiger partial charge is 0.494 e. The molecule has 34 heavy (non-hydrogen) atoms. The van der Waals surface area contributed by atoms with E-state index in [0.29, 0.717) is 11.4 Å². The van der Waals surface area contributed by atoms with Crippen molar-refractivity contribution in [2.24, 2.45) is 17.8 Å². The Hall–Kier alpha value is -2.34. The maximum Gasteiger partial charge on any atom is 0.226 e. The van der Waals surface area contributed by atoms with Crippen LogP contribution in [0.1, 0.15) is 49.7 Å². The van der Waals surface area contributed by atoms with Gasteiger partial charge in [-0.1, -0.05) is 30.5 Å². The standard InChI is InChI=1S/C27H37ClN4O2/c1-19-15-24(8-7-22(19)16-26(33)31(2)3)34-14-11-20-5-4-6-25(20)21-9-12-32(13-10-21)27-29-17-23(28)18-30-27/h7-8,15,17-18,20-21,25H,4-6,9-14,16H2,1-3H3/t20-,25+/m0/s1. The summed E-state index contributed by atoms with van der Waals surface area (Å²) in [5.74, 6) is 4.16. The van der Waals surface area contributed by atoms with E-state index in [1.54, 1.807) is 31.4 Å². The van der Waals surface area contributed by atoms with Gasteiger partial charge in [0.1, 0.15) is 5.75 Å². The van der Waals surface area contributed by atoms with Crippen LogP contribution in [0.25, 0.3) is 0 Å². The number of piperidine rings is 1. The van der Waals surface area contributed by atoms with Crippen molar-refractivity contribution < 1.29 is 9.53 Å². The van der Waals surface area contributed by atoms with Crippen LogP contribution in [0.3, 0.4) is 0 Å². The number of benzene rings is 1. The van der Waals surface area contributed by atoms with Gasteiger partial charge < -0.3 is 14.5 Å². The molecule has 184 valence electrons. The highest BCUT2D eigenvalue weighted by molar-refractivity contribution is 6.30. The van der Waals surface area contributed by atoms with E-state index in [9.17, 15) is 4.79 Å². The second kappa shape index (κ2) is 11.4. The number of aromatic nitrogens is 2. The summed E-state index contributed by atoms with van der Waals surface area (Å²) in [7, 11) is 3.59. The third-order valence-corrected chi connectivity index (χ3v) is 7.86. The third kappa shape index (κ3) is 6.21. The zero-order valence-corrected chi connectivity index (χ0v) is 21.4. The lowest BCUT2D eigenvalue weighted by atomic mass is 9.77. The van der Waals surface area contributed by atoms with Crippen LogP contribution in [0.2, 0.25) is 5.02 Å². The Balaban J connectivity index is 1.24. The number of carbonyl (C=O) groups excluding carboxylic acids is 1. The molecular formula is C27H37ClN4O2. The molecule has 4 rings (SSSR count). The molecule has 1 saturated heterocycles. The van der Waals surface area contributed by atoms with Crippen LogP contribution in [-0.2, 0) is 11.2 Å². The van der Waals surface area contributed by atoms with Gasteiger partial charge in [-0.3, -0.25) is 4.79 Å². The minimum atomic E-state index is 0.121. The van der Waals surface area contributed by atoms with E-state index in [-0.39, 0.29) is 5.91 Å². The Morgan fingerprint density at radius 3 is 2.56 bits per heavy atom. The summed E-state index contributed by atoms with van der Waals surface area (Å²) in [5, 5.41) is 0.584. The molecule has 2 aliphatic rings. The second-order valence-corrected chi connectivity index (χ2v) is 10.5. The van der Waals surface area contributed by atoms with Crippen LogP contribution in [0.4, 0.5) is 5.95 Å². The molecule has 1 aromatic heterocycles. The first-order valence-electron chi connectivity index (χ1n) is 12.6. The van der Waals surface area contributed by atoms with Crippen molar-refractivity contribution in [3.63, 3.8) is 0 Å². The van der Waals surface area contributed by atoms with Crippen LogP contribution in [0, 0.1) is 24.7 Å². The lowest BCUT2D eigenvalue weighted by molar-refractivity contribution is -0.127. The fourth-order valence-corrected chi connectivity index (χ4v) is 5.74. The number of hydrogen-bond donors (Lipinski definition) is 0. The molecule has 1 amide bonds. The molecule has 0 unspecified atom stereocenters. The van der Waals surface area contributed by atoms with Crippen molar-refractivity contribution in [3.8, 4) is 5.75 Å². The summed E-state index contributed by atoms with van der Waals surface area (Å²) >= 11 is 5.93. The van der Waals surface area contributed by atoms with Crippen molar-refractivity contribution in [3.05, 3.63) is 46.7 Å². The summed E-state index contributed by atoms with van der Waals surface area (Å²) < 4.78 is 6.15. The van der Waals surface area contributed by atoms with Crippen molar-refractivity contribution in [1.29, 1.82) is 0 Å². The van der Waals surface area contributed by atoms with Gasteiger partial charge in [-0.2, -0.15) is 0 Å². The average molecular weight is 485 g/mol. The van der Waals surface area contributed by atoms with Crippen LogP contribution in [0.5, 0.6) is 5.75 Å². The van der Waals surface area contributed by atoms with Gasteiger partial charge in [0.05, 0.1) is 30.4 Å². The summed E-state index contributed by atoms with van der Waals surface area (Å²) in [6, 6.07) is 6.10. The Morgan fingerprint density at radius 2 is 1.88 bits per heavy atom. The minimum absolute atomic E-state index is 0.121. The molecule has 6 nitrogen and oxygen atoms in total. The van der Waals surface area contributed by atoms with E-state index in [1.165, 1.54) is 32.1 Å². The molecule has 1 saturated carbocycles. The molecule has 2 fully saturated rings. The summed E-state index contributed by atoms with van der Waals surface area (Å²) in [5.41, 5.74) is 2.18. The van der Waals surface area contributed by atoms with Gasteiger partial charge in [0.15, 0.2) is 0 Å². The van der Waals surface area contributed by atoms with Crippen LogP contribution in [0.15, 0.2) is 30.6 Å². The van der Waals surface area contributed by atoms with Gasteiger partial charge in [-0.15, -0.1) is 0 Å². The first-order valence-corrected chi connectivity index (χ1v) is 12.9. The molecule has 2 atom stereocenters.